The molecule has 0 aliphatic carbocycles. The van der Waals surface area contributed by atoms with Crippen molar-refractivity contribution in [3.63, 3.8) is 0 Å². The Morgan fingerprint density at radius 1 is 1.16 bits per heavy atom. The van der Waals surface area contributed by atoms with E-state index in [0.29, 0.717) is 28.1 Å². The lowest BCUT2D eigenvalue weighted by Crippen LogP contribution is -2.35. The molecule has 0 aliphatic rings. The fraction of sp³-hybridized carbons (Fsp3) is 0.261. The number of rotatable bonds is 8. The SMILES string of the molecule is COC(=O)N(CC(=O)O)Cc1cc(OCc2nc(-c3ccc(Cl)cc3)oc2C)ccc1C. The number of oxazole rings is 1. The van der Waals surface area contributed by atoms with E-state index >= 15 is 0 Å². The molecule has 2 aromatic carbocycles. The summed E-state index contributed by atoms with van der Waals surface area (Å²) in [5, 5.41) is 9.70. The van der Waals surface area contributed by atoms with Crippen molar-refractivity contribution in [2.45, 2.75) is 27.0 Å². The first-order valence-electron chi connectivity index (χ1n) is 9.76. The number of halogens is 1. The summed E-state index contributed by atoms with van der Waals surface area (Å²) in [6, 6.07) is 12.6. The summed E-state index contributed by atoms with van der Waals surface area (Å²) in [4.78, 5) is 28.6. The van der Waals surface area contributed by atoms with Gasteiger partial charge in [0.15, 0.2) is 0 Å². The molecule has 3 aromatic rings. The van der Waals surface area contributed by atoms with E-state index in [9.17, 15) is 9.59 Å². The maximum Gasteiger partial charge on any atom is 0.410 e. The van der Waals surface area contributed by atoms with E-state index in [4.69, 9.17) is 25.9 Å². The molecule has 0 saturated carbocycles. The second-order valence-corrected chi connectivity index (χ2v) is 7.56. The van der Waals surface area contributed by atoms with Gasteiger partial charge < -0.3 is 19.0 Å². The Bertz CT molecular complexity index is 1110. The van der Waals surface area contributed by atoms with Crippen molar-refractivity contribution < 1.29 is 28.6 Å². The molecule has 0 atom stereocenters. The highest BCUT2D eigenvalue weighted by Gasteiger charge is 2.19. The summed E-state index contributed by atoms with van der Waals surface area (Å²) in [5.41, 5.74) is 3.09. The number of hydrogen-bond acceptors (Lipinski definition) is 6. The monoisotopic (exact) mass is 458 g/mol. The van der Waals surface area contributed by atoms with Gasteiger partial charge >= 0.3 is 12.1 Å². The number of carbonyl (C=O) groups excluding carboxylic acids is 1. The minimum absolute atomic E-state index is 0.0751. The largest absolute Gasteiger partial charge is 0.487 e. The Kier molecular flexibility index (Phi) is 7.37. The Balaban J connectivity index is 1.73. The molecule has 1 heterocycles. The molecule has 0 unspecified atom stereocenters. The highest BCUT2D eigenvalue weighted by Crippen LogP contribution is 2.25. The number of aromatic nitrogens is 1. The van der Waals surface area contributed by atoms with Crippen LogP contribution in [0, 0.1) is 13.8 Å². The smallest absolute Gasteiger partial charge is 0.410 e. The van der Waals surface area contributed by atoms with Crippen LogP contribution in [0.3, 0.4) is 0 Å². The Morgan fingerprint density at radius 2 is 1.88 bits per heavy atom. The summed E-state index contributed by atoms with van der Waals surface area (Å²) < 4.78 is 16.3. The van der Waals surface area contributed by atoms with Gasteiger partial charge in [0.05, 0.1) is 13.7 Å². The first-order valence-corrected chi connectivity index (χ1v) is 10.1. The van der Waals surface area contributed by atoms with E-state index in [1.165, 1.54) is 7.11 Å². The normalized spacial score (nSPS) is 10.6. The maximum absolute atomic E-state index is 11.9. The van der Waals surface area contributed by atoms with Gasteiger partial charge in [-0.3, -0.25) is 9.69 Å². The van der Waals surface area contributed by atoms with E-state index in [0.717, 1.165) is 21.6 Å². The molecular formula is C23H23ClN2O6. The molecule has 1 amide bonds. The Hall–Kier alpha value is -3.52. The molecule has 168 valence electrons. The van der Waals surface area contributed by atoms with Crippen molar-refractivity contribution in [1.82, 2.24) is 9.88 Å². The second kappa shape index (κ2) is 10.2. The van der Waals surface area contributed by atoms with Gasteiger partial charge in [-0.15, -0.1) is 0 Å². The second-order valence-electron chi connectivity index (χ2n) is 7.13. The third-order valence-corrected chi connectivity index (χ3v) is 5.05. The van der Waals surface area contributed by atoms with E-state index in [1.54, 1.807) is 24.3 Å². The first-order chi connectivity index (χ1) is 15.3. The lowest BCUT2D eigenvalue weighted by molar-refractivity contribution is -0.138. The molecule has 9 heteroatoms. The Labute approximate surface area is 190 Å². The number of carbonyl (C=O) groups is 2. The number of carboxylic acid groups (broad SMARTS) is 1. The summed E-state index contributed by atoms with van der Waals surface area (Å²) in [6.45, 7) is 3.47. The first kappa shape index (κ1) is 23.1. The van der Waals surface area contributed by atoms with Crippen molar-refractivity contribution in [3.8, 4) is 17.2 Å². The molecule has 0 bridgehead atoms. The summed E-state index contributed by atoms with van der Waals surface area (Å²) in [6.07, 6.45) is -0.717. The minimum atomic E-state index is -1.13. The Morgan fingerprint density at radius 3 is 2.53 bits per heavy atom. The molecule has 0 spiro atoms. The van der Waals surface area contributed by atoms with Crippen molar-refractivity contribution in [3.05, 3.63) is 70.1 Å². The summed E-state index contributed by atoms with van der Waals surface area (Å²) in [7, 11) is 1.21. The van der Waals surface area contributed by atoms with Gasteiger partial charge in [-0.2, -0.15) is 0 Å². The van der Waals surface area contributed by atoms with Crippen LogP contribution in [-0.4, -0.2) is 40.7 Å². The van der Waals surface area contributed by atoms with Gasteiger partial charge in [0.1, 0.15) is 30.4 Å². The van der Waals surface area contributed by atoms with Gasteiger partial charge in [0, 0.05) is 10.6 Å². The molecule has 0 radical (unpaired) electrons. The zero-order chi connectivity index (χ0) is 23.3. The average Bonchev–Trinajstić information content (AvgIpc) is 3.13. The van der Waals surface area contributed by atoms with Crippen LogP contribution in [0.2, 0.25) is 5.02 Å². The number of ether oxygens (including phenoxy) is 2. The zero-order valence-electron chi connectivity index (χ0n) is 17.9. The standard InChI is InChI=1S/C23H23ClN2O6/c1-14-4-9-19(10-17(14)11-26(12-21(27)28)23(29)30-3)31-13-20-15(2)32-22(25-20)16-5-7-18(24)8-6-16/h4-10H,11-13H2,1-3H3,(H,27,28). The fourth-order valence-electron chi connectivity index (χ4n) is 3.02. The van der Waals surface area contributed by atoms with Crippen LogP contribution >= 0.6 is 11.6 Å². The number of amides is 1. The van der Waals surface area contributed by atoms with Crippen molar-refractivity contribution in [2.75, 3.05) is 13.7 Å². The van der Waals surface area contributed by atoms with Crippen LogP contribution in [0.4, 0.5) is 4.79 Å². The van der Waals surface area contributed by atoms with E-state index < -0.39 is 18.6 Å². The van der Waals surface area contributed by atoms with Gasteiger partial charge in [0.25, 0.3) is 0 Å². The number of hydrogen-bond donors (Lipinski definition) is 1. The topological polar surface area (TPSA) is 102 Å². The molecule has 32 heavy (non-hydrogen) atoms. The lowest BCUT2D eigenvalue weighted by atomic mass is 10.1. The summed E-state index contributed by atoms with van der Waals surface area (Å²) >= 11 is 5.93. The molecule has 3 rings (SSSR count). The molecule has 0 fully saturated rings. The predicted octanol–water partition coefficient (Wildman–Crippen LogP) is 4.84. The van der Waals surface area contributed by atoms with Gasteiger partial charge in [-0.1, -0.05) is 17.7 Å². The van der Waals surface area contributed by atoms with Gasteiger partial charge in [-0.05, 0) is 61.4 Å². The van der Waals surface area contributed by atoms with E-state index in [2.05, 4.69) is 9.72 Å². The highest BCUT2D eigenvalue weighted by molar-refractivity contribution is 6.30. The quantitative estimate of drug-likeness (QED) is 0.515. The average molecular weight is 459 g/mol. The molecule has 8 nitrogen and oxygen atoms in total. The predicted molar refractivity (Wildman–Crippen MR) is 118 cm³/mol. The lowest BCUT2D eigenvalue weighted by Gasteiger charge is -2.20. The molecule has 1 aromatic heterocycles. The number of nitrogens with zero attached hydrogens (tertiary/aromatic N) is 2. The van der Waals surface area contributed by atoms with E-state index in [-0.39, 0.29) is 13.2 Å². The highest BCUT2D eigenvalue weighted by atomic mass is 35.5. The third kappa shape index (κ3) is 5.79. The number of aliphatic carboxylic acids is 1. The van der Waals surface area contributed by atoms with Crippen molar-refractivity contribution in [1.29, 1.82) is 0 Å². The molecule has 0 aliphatic heterocycles. The number of benzene rings is 2. The van der Waals surface area contributed by atoms with Crippen LogP contribution in [0.15, 0.2) is 46.9 Å². The van der Waals surface area contributed by atoms with Crippen molar-refractivity contribution >= 4 is 23.7 Å². The third-order valence-electron chi connectivity index (χ3n) is 4.80. The number of methoxy groups -OCH3 is 1. The van der Waals surface area contributed by atoms with Crippen LogP contribution in [0.25, 0.3) is 11.5 Å². The van der Waals surface area contributed by atoms with Crippen LogP contribution in [0.5, 0.6) is 5.75 Å². The minimum Gasteiger partial charge on any atom is -0.487 e. The fourth-order valence-corrected chi connectivity index (χ4v) is 3.15. The van der Waals surface area contributed by atoms with Gasteiger partial charge in [-0.25, -0.2) is 9.78 Å². The summed E-state index contributed by atoms with van der Waals surface area (Å²) in [5.74, 6) is 0.546. The maximum atomic E-state index is 11.9. The number of aryl methyl sites for hydroxylation is 2. The van der Waals surface area contributed by atoms with Gasteiger partial charge in [0.2, 0.25) is 5.89 Å². The van der Waals surface area contributed by atoms with Crippen molar-refractivity contribution in [2.24, 2.45) is 0 Å². The molecular weight excluding hydrogens is 436 g/mol. The zero-order valence-corrected chi connectivity index (χ0v) is 18.7. The van der Waals surface area contributed by atoms with E-state index in [1.807, 2.05) is 32.0 Å². The van der Waals surface area contributed by atoms with Crippen LogP contribution in [-0.2, 0) is 22.7 Å². The number of carboxylic acids is 1. The van der Waals surface area contributed by atoms with Crippen LogP contribution in [0.1, 0.15) is 22.6 Å². The van der Waals surface area contributed by atoms with Crippen LogP contribution < -0.4 is 4.74 Å². The molecule has 1 N–H and O–H groups in total. The molecule has 0 saturated heterocycles.